The van der Waals surface area contributed by atoms with Gasteiger partial charge in [-0.1, -0.05) is 13.3 Å². The molecule has 0 bridgehead atoms. The van der Waals surface area contributed by atoms with Crippen LogP contribution in [0.15, 0.2) is 29.2 Å². The number of primary amides is 1. The van der Waals surface area contributed by atoms with Crippen molar-refractivity contribution in [3.8, 4) is 0 Å². The van der Waals surface area contributed by atoms with Crippen LogP contribution in [0, 0.1) is 0 Å². The molecule has 2 amide bonds. The molecule has 0 heterocycles. The zero-order chi connectivity index (χ0) is 13.5. The van der Waals surface area contributed by atoms with Crippen LogP contribution in [0.25, 0.3) is 0 Å². The average molecular weight is 266 g/mol. The standard InChI is InChI=1S/C13H18N2O2S/c1-2-3-8-15(9-12(14)16)13(17)10-4-6-11(18)7-5-10/h4-7,18H,2-3,8-9H2,1H3,(H2,14,16). The van der Waals surface area contributed by atoms with E-state index in [1.807, 2.05) is 6.92 Å². The topological polar surface area (TPSA) is 63.4 Å². The average Bonchev–Trinajstić information content (AvgIpc) is 2.34. The van der Waals surface area contributed by atoms with Crippen molar-refractivity contribution in [2.24, 2.45) is 5.73 Å². The number of nitrogens with two attached hydrogens (primary N) is 1. The molecule has 18 heavy (non-hydrogen) atoms. The highest BCUT2D eigenvalue weighted by molar-refractivity contribution is 7.80. The van der Waals surface area contributed by atoms with E-state index in [2.05, 4.69) is 12.6 Å². The first-order chi connectivity index (χ1) is 8.54. The number of rotatable bonds is 6. The zero-order valence-electron chi connectivity index (χ0n) is 10.4. The fourth-order valence-corrected chi connectivity index (χ4v) is 1.73. The molecule has 1 rings (SSSR count). The second-order valence-electron chi connectivity index (χ2n) is 4.09. The monoisotopic (exact) mass is 266 g/mol. The Bertz CT molecular complexity index is 418. The Balaban J connectivity index is 2.80. The Morgan fingerprint density at radius 2 is 1.89 bits per heavy atom. The van der Waals surface area contributed by atoms with Crippen LogP contribution in [0.4, 0.5) is 0 Å². The summed E-state index contributed by atoms with van der Waals surface area (Å²) >= 11 is 4.16. The SMILES string of the molecule is CCCCN(CC(N)=O)C(=O)c1ccc(S)cc1. The number of thiol groups is 1. The fraction of sp³-hybridized carbons (Fsp3) is 0.385. The van der Waals surface area contributed by atoms with Gasteiger partial charge < -0.3 is 10.6 Å². The minimum atomic E-state index is -0.495. The van der Waals surface area contributed by atoms with E-state index in [1.165, 1.54) is 4.90 Å². The lowest BCUT2D eigenvalue weighted by Crippen LogP contribution is -2.39. The Hall–Kier alpha value is -1.49. The van der Waals surface area contributed by atoms with Crippen molar-refractivity contribution in [2.75, 3.05) is 13.1 Å². The number of benzene rings is 1. The molecule has 0 aliphatic carbocycles. The summed E-state index contributed by atoms with van der Waals surface area (Å²) in [5.41, 5.74) is 5.71. The predicted molar refractivity (Wildman–Crippen MR) is 73.7 cm³/mol. The summed E-state index contributed by atoms with van der Waals surface area (Å²) in [5, 5.41) is 0. The third-order valence-corrected chi connectivity index (χ3v) is 2.83. The molecule has 98 valence electrons. The van der Waals surface area contributed by atoms with Gasteiger partial charge in [0.25, 0.3) is 5.91 Å². The lowest BCUT2D eigenvalue weighted by molar-refractivity contribution is -0.118. The van der Waals surface area contributed by atoms with Gasteiger partial charge in [-0.2, -0.15) is 0 Å². The van der Waals surface area contributed by atoms with E-state index in [1.54, 1.807) is 24.3 Å². The van der Waals surface area contributed by atoms with Crippen molar-refractivity contribution in [2.45, 2.75) is 24.7 Å². The first-order valence-electron chi connectivity index (χ1n) is 5.91. The smallest absolute Gasteiger partial charge is 0.254 e. The van der Waals surface area contributed by atoms with Crippen LogP contribution in [-0.2, 0) is 4.79 Å². The van der Waals surface area contributed by atoms with E-state index in [0.29, 0.717) is 12.1 Å². The highest BCUT2D eigenvalue weighted by Gasteiger charge is 2.16. The van der Waals surface area contributed by atoms with E-state index in [4.69, 9.17) is 5.73 Å². The summed E-state index contributed by atoms with van der Waals surface area (Å²) in [6.07, 6.45) is 1.81. The van der Waals surface area contributed by atoms with Gasteiger partial charge in [0.2, 0.25) is 5.91 Å². The summed E-state index contributed by atoms with van der Waals surface area (Å²) in [7, 11) is 0. The molecular weight excluding hydrogens is 248 g/mol. The molecule has 0 atom stereocenters. The maximum atomic E-state index is 12.2. The van der Waals surface area contributed by atoms with Crippen molar-refractivity contribution in [3.05, 3.63) is 29.8 Å². The third-order valence-electron chi connectivity index (χ3n) is 2.53. The van der Waals surface area contributed by atoms with Crippen LogP contribution in [-0.4, -0.2) is 29.8 Å². The van der Waals surface area contributed by atoms with Crippen molar-refractivity contribution < 1.29 is 9.59 Å². The van der Waals surface area contributed by atoms with E-state index in [-0.39, 0.29) is 12.5 Å². The fourth-order valence-electron chi connectivity index (χ4n) is 1.58. The van der Waals surface area contributed by atoms with Crippen LogP contribution < -0.4 is 5.73 Å². The van der Waals surface area contributed by atoms with Gasteiger partial charge in [0, 0.05) is 17.0 Å². The molecule has 5 heteroatoms. The Morgan fingerprint density at radius 3 is 2.39 bits per heavy atom. The second-order valence-corrected chi connectivity index (χ2v) is 4.61. The number of hydrogen-bond donors (Lipinski definition) is 2. The normalized spacial score (nSPS) is 10.1. The van der Waals surface area contributed by atoms with E-state index >= 15 is 0 Å². The summed E-state index contributed by atoms with van der Waals surface area (Å²) in [5.74, 6) is -0.666. The van der Waals surface area contributed by atoms with Crippen molar-refractivity contribution in [1.29, 1.82) is 0 Å². The minimum absolute atomic E-state index is 0.0402. The largest absolute Gasteiger partial charge is 0.368 e. The Morgan fingerprint density at radius 1 is 1.28 bits per heavy atom. The molecule has 4 nitrogen and oxygen atoms in total. The maximum Gasteiger partial charge on any atom is 0.254 e. The molecule has 0 aliphatic rings. The lowest BCUT2D eigenvalue weighted by atomic mass is 10.2. The molecule has 0 spiro atoms. The lowest BCUT2D eigenvalue weighted by Gasteiger charge is -2.21. The Labute approximate surface area is 113 Å². The highest BCUT2D eigenvalue weighted by Crippen LogP contribution is 2.10. The van der Waals surface area contributed by atoms with Gasteiger partial charge in [0.15, 0.2) is 0 Å². The molecule has 2 N–H and O–H groups in total. The summed E-state index contributed by atoms with van der Waals surface area (Å²) in [4.78, 5) is 25.4. The minimum Gasteiger partial charge on any atom is -0.368 e. The quantitative estimate of drug-likeness (QED) is 0.770. The molecule has 0 fully saturated rings. The number of unbranched alkanes of at least 4 members (excludes halogenated alkanes) is 1. The predicted octanol–water partition coefficient (Wildman–Crippen LogP) is 1.70. The first-order valence-corrected chi connectivity index (χ1v) is 6.36. The maximum absolute atomic E-state index is 12.2. The van der Waals surface area contributed by atoms with Gasteiger partial charge in [-0.25, -0.2) is 0 Å². The van der Waals surface area contributed by atoms with Crippen molar-refractivity contribution in [1.82, 2.24) is 4.90 Å². The van der Waals surface area contributed by atoms with Gasteiger partial charge in [0.05, 0.1) is 6.54 Å². The first kappa shape index (κ1) is 14.6. The van der Waals surface area contributed by atoms with E-state index in [0.717, 1.165) is 17.7 Å². The molecule has 1 aromatic carbocycles. The molecule has 0 saturated heterocycles. The Kier molecular flexibility index (Phi) is 5.71. The third kappa shape index (κ3) is 4.41. The summed E-state index contributed by atoms with van der Waals surface area (Å²) in [6, 6.07) is 6.90. The molecule has 0 radical (unpaired) electrons. The second kappa shape index (κ2) is 7.06. The van der Waals surface area contributed by atoms with Crippen LogP contribution in [0.1, 0.15) is 30.1 Å². The number of nitrogens with zero attached hydrogens (tertiary/aromatic N) is 1. The van der Waals surface area contributed by atoms with Gasteiger partial charge >= 0.3 is 0 Å². The van der Waals surface area contributed by atoms with Crippen LogP contribution in [0.3, 0.4) is 0 Å². The summed E-state index contributed by atoms with van der Waals surface area (Å²) in [6.45, 7) is 2.53. The van der Waals surface area contributed by atoms with Crippen LogP contribution >= 0.6 is 12.6 Å². The van der Waals surface area contributed by atoms with Crippen LogP contribution in [0.5, 0.6) is 0 Å². The van der Waals surface area contributed by atoms with Gasteiger partial charge in [-0.15, -0.1) is 12.6 Å². The zero-order valence-corrected chi connectivity index (χ0v) is 11.3. The number of amides is 2. The van der Waals surface area contributed by atoms with Crippen molar-refractivity contribution >= 4 is 24.4 Å². The molecular formula is C13H18N2O2S. The van der Waals surface area contributed by atoms with Crippen molar-refractivity contribution in [3.63, 3.8) is 0 Å². The van der Waals surface area contributed by atoms with E-state index < -0.39 is 5.91 Å². The highest BCUT2D eigenvalue weighted by atomic mass is 32.1. The molecule has 0 aliphatic heterocycles. The van der Waals surface area contributed by atoms with Gasteiger partial charge in [-0.3, -0.25) is 9.59 Å². The van der Waals surface area contributed by atoms with Gasteiger partial charge in [-0.05, 0) is 30.7 Å². The number of hydrogen-bond acceptors (Lipinski definition) is 3. The molecule has 0 unspecified atom stereocenters. The molecule has 0 aromatic heterocycles. The van der Waals surface area contributed by atoms with Crippen LogP contribution in [0.2, 0.25) is 0 Å². The van der Waals surface area contributed by atoms with E-state index in [9.17, 15) is 9.59 Å². The molecule has 0 saturated carbocycles. The number of carbonyl (C=O) groups excluding carboxylic acids is 2. The number of carbonyl (C=O) groups is 2. The molecule has 1 aromatic rings. The van der Waals surface area contributed by atoms with Gasteiger partial charge in [0.1, 0.15) is 0 Å². The summed E-state index contributed by atoms with van der Waals surface area (Å²) < 4.78 is 0.